The summed E-state index contributed by atoms with van der Waals surface area (Å²) >= 11 is 1.61. The van der Waals surface area contributed by atoms with Gasteiger partial charge in [0.25, 0.3) is 5.91 Å². The molecule has 4 aromatic rings. The number of para-hydroxylation sites is 1. The molecule has 1 saturated heterocycles. The Morgan fingerprint density at radius 3 is 2.60 bits per heavy atom. The molecule has 182 valence electrons. The van der Waals surface area contributed by atoms with Crippen LogP contribution in [0.3, 0.4) is 0 Å². The predicted octanol–water partition coefficient (Wildman–Crippen LogP) is 5.28. The lowest BCUT2D eigenvalue weighted by Crippen LogP contribution is -2.47. The Morgan fingerprint density at radius 1 is 1.00 bits per heavy atom. The quantitative estimate of drug-likeness (QED) is 0.388. The number of anilines is 1. The van der Waals surface area contributed by atoms with Gasteiger partial charge < -0.3 is 15.2 Å². The molecule has 35 heavy (non-hydrogen) atoms. The zero-order valence-electron chi connectivity index (χ0n) is 20.1. The van der Waals surface area contributed by atoms with Gasteiger partial charge in [-0.05, 0) is 80.4 Å². The summed E-state index contributed by atoms with van der Waals surface area (Å²) < 4.78 is 6.01. The molecule has 0 atom stereocenters. The third-order valence-corrected chi connectivity index (χ3v) is 8.66. The van der Waals surface area contributed by atoms with Crippen LogP contribution >= 0.6 is 11.5 Å². The molecule has 0 bridgehead atoms. The number of aromatic nitrogens is 2. The van der Waals surface area contributed by atoms with E-state index in [0.717, 1.165) is 61.7 Å². The van der Waals surface area contributed by atoms with E-state index in [-0.39, 0.29) is 5.91 Å². The SMILES string of the molecule is O=C(NC1CCC(CCN2CCN(c3nsc4ccccc34)CC2)CC1)c1cc2ccccc2[nH]1. The van der Waals surface area contributed by atoms with Gasteiger partial charge in [0.15, 0.2) is 0 Å². The number of H-pyrrole nitrogens is 1. The van der Waals surface area contributed by atoms with Gasteiger partial charge in [-0.2, -0.15) is 4.37 Å². The van der Waals surface area contributed by atoms with E-state index in [1.54, 1.807) is 11.5 Å². The average molecular weight is 488 g/mol. The molecule has 2 N–H and O–H groups in total. The van der Waals surface area contributed by atoms with Crippen molar-refractivity contribution in [3.05, 3.63) is 60.3 Å². The van der Waals surface area contributed by atoms with Gasteiger partial charge in [-0.25, -0.2) is 0 Å². The van der Waals surface area contributed by atoms with Crippen LogP contribution < -0.4 is 10.2 Å². The Kier molecular flexibility index (Phi) is 6.44. The fraction of sp³-hybridized carbons (Fsp3) is 0.429. The fourth-order valence-corrected chi connectivity index (χ4v) is 6.50. The van der Waals surface area contributed by atoms with Crippen molar-refractivity contribution < 1.29 is 4.79 Å². The number of carbonyl (C=O) groups excluding carboxylic acids is 1. The Labute approximate surface area is 210 Å². The van der Waals surface area contributed by atoms with Crippen molar-refractivity contribution in [1.82, 2.24) is 19.6 Å². The van der Waals surface area contributed by atoms with Crippen LogP contribution in [0.25, 0.3) is 21.0 Å². The van der Waals surface area contributed by atoms with Crippen molar-refractivity contribution in [2.75, 3.05) is 37.6 Å². The van der Waals surface area contributed by atoms with Gasteiger partial charge in [0.1, 0.15) is 11.5 Å². The maximum absolute atomic E-state index is 12.7. The molecule has 7 heteroatoms. The summed E-state index contributed by atoms with van der Waals surface area (Å²) in [5.41, 5.74) is 1.68. The first kappa shape index (κ1) is 22.6. The number of hydrogen-bond donors (Lipinski definition) is 2. The van der Waals surface area contributed by atoms with Gasteiger partial charge in [0.2, 0.25) is 0 Å². The van der Waals surface area contributed by atoms with Crippen molar-refractivity contribution in [2.45, 2.75) is 38.1 Å². The molecule has 0 spiro atoms. The maximum atomic E-state index is 12.7. The maximum Gasteiger partial charge on any atom is 0.267 e. The van der Waals surface area contributed by atoms with Crippen LogP contribution in [0.5, 0.6) is 0 Å². The fourth-order valence-electron chi connectivity index (χ4n) is 5.70. The number of rotatable bonds is 6. The highest BCUT2D eigenvalue weighted by molar-refractivity contribution is 7.13. The number of piperazine rings is 1. The molecule has 6 nitrogen and oxygen atoms in total. The lowest BCUT2D eigenvalue weighted by atomic mass is 9.84. The monoisotopic (exact) mass is 487 g/mol. The number of fused-ring (bicyclic) bond motifs is 2. The summed E-state index contributed by atoms with van der Waals surface area (Å²) in [4.78, 5) is 21.0. The van der Waals surface area contributed by atoms with Gasteiger partial charge in [0.05, 0.1) is 4.70 Å². The molecule has 2 fully saturated rings. The molecule has 2 aromatic carbocycles. The van der Waals surface area contributed by atoms with E-state index >= 15 is 0 Å². The number of amides is 1. The molecular weight excluding hydrogens is 454 g/mol. The Hall–Kier alpha value is -2.90. The normalized spacial score (nSPS) is 21.5. The molecule has 1 saturated carbocycles. The van der Waals surface area contributed by atoms with E-state index < -0.39 is 0 Å². The standard InChI is InChI=1S/C28H33N5OS/c34-28(25-19-21-5-1-3-7-24(21)30-25)29-22-11-9-20(10-12-22)13-14-32-15-17-33(18-16-32)27-23-6-2-4-8-26(23)35-31-27/h1-8,19-20,22,30H,9-18H2,(H,29,34). The second-order valence-corrected chi connectivity index (χ2v) is 10.9. The van der Waals surface area contributed by atoms with Gasteiger partial charge in [-0.1, -0.05) is 30.3 Å². The summed E-state index contributed by atoms with van der Waals surface area (Å²) in [6.45, 7) is 5.52. The van der Waals surface area contributed by atoms with Crippen LogP contribution in [0.2, 0.25) is 0 Å². The number of carbonyl (C=O) groups is 1. The van der Waals surface area contributed by atoms with Crippen molar-refractivity contribution >= 4 is 44.2 Å². The van der Waals surface area contributed by atoms with Crippen LogP contribution in [0.1, 0.15) is 42.6 Å². The average Bonchev–Trinajstić information content (AvgIpc) is 3.53. The summed E-state index contributed by atoms with van der Waals surface area (Å²) in [5.74, 6) is 1.96. The van der Waals surface area contributed by atoms with Crippen LogP contribution in [0.4, 0.5) is 5.82 Å². The highest BCUT2D eigenvalue weighted by Gasteiger charge is 2.25. The summed E-state index contributed by atoms with van der Waals surface area (Å²) in [7, 11) is 0. The number of nitrogens with one attached hydrogen (secondary N) is 2. The second-order valence-electron chi connectivity index (χ2n) is 10.1. The van der Waals surface area contributed by atoms with E-state index in [9.17, 15) is 4.79 Å². The van der Waals surface area contributed by atoms with E-state index in [1.807, 2.05) is 30.3 Å². The molecule has 2 aliphatic rings. The zero-order chi connectivity index (χ0) is 23.6. The molecule has 1 amide bonds. The molecule has 2 aromatic heterocycles. The minimum absolute atomic E-state index is 0.0235. The minimum atomic E-state index is 0.0235. The lowest BCUT2D eigenvalue weighted by Gasteiger charge is -2.36. The summed E-state index contributed by atoms with van der Waals surface area (Å²) in [6, 6.07) is 18.8. The van der Waals surface area contributed by atoms with Crippen molar-refractivity contribution in [3.8, 4) is 0 Å². The summed E-state index contributed by atoms with van der Waals surface area (Å²) in [5, 5.41) is 5.64. The highest BCUT2D eigenvalue weighted by atomic mass is 32.1. The first-order valence-electron chi connectivity index (χ1n) is 12.9. The number of hydrogen-bond acceptors (Lipinski definition) is 5. The Balaban J connectivity index is 0.930. The van der Waals surface area contributed by atoms with Gasteiger partial charge >= 0.3 is 0 Å². The Morgan fingerprint density at radius 2 is 1.77 bits per heavy atom. The molecule has 1 aliphatic carbocycles. The van der Waals surface area contributed by atoms with Crippen LogP contribution in [-0.2, 0) is 0 Å². The van der Waals surface area contributed by atoms with E-state index in [1.165, 1.54) is 35.9 Å². The van der Waals surface area contributed by atoms with Crippen LogP contribution in [0, 0.1) is 5.92 Å². The smallest absolute Gasteiger partial charge is 0.267 e. The van der Waals surface area contributed by atoms with Crippen molar-refractivity contribution in [2.24, 2.45) is 5.92 Å². The second kappa shape index (κ2) is 9.99. The van der Waals surface area contributed by atoms with Crippen molar-refractivity contribution in [3.63, 3.8) is 0 Å². The van der Waals surface area contributed by atoms with Crippen LogP contribution in [-0.4, -0.2) is 58.9 Å². The lowest BCUT2D eigenvalue weighted by molar-refractivity contribution is 0.0915. The van der Waals surface area contributed by atoms with Gasteiger partial charge in [-0.3, -0.25) is 9.69 Å². The van der Waals surface area contributed by atoms with E-state index in [0.29, 0.717) is 11.7 Å². The molecular formula is C28H33N5OS. The van der Waals surface area contributed by atoms with Gasteiger partial charge in [0, 0.05) is 48.5 Å². The third kappa shape index (κ3) is 4.93. The molecule has 6 rings (SSSR count). The number of benzene rings is 2. The van der Waals surface area contributed by atoms with Gasteiger partial charge in [-0.15, -0.1) is 0 Å². The first-order chi connectivity index (χ1) is 17.2. The topological polar surface area (TPSA) is 64.3 Å². The Bertz CT molecular complexity index is 1260. The largest absolute Gasteiger partial charge is 0.353 e. The molecule has 1 aliphatic heterocycles. The summed E-state index contributed by atoms with van der Waals surface area (Å²) in [6.07, 6.45) is 5.86. The third-order valence-electron chi connectivity index (χ3n) is 7.84. The van der Waals surface area contributed by atoms with E-state index in [4.69, 9.17) is 4.37 Å². The zero-order valence-corrected chi connectivity index (χ0v) is 20.9. The molecule has 0 radical (unpaired) electrons. The molecule has 0 unspecified atom stereocenters. The number of aromatic amines is 1. The minimum Gasteiger partial charge on any atom is -0.353 e. The predicted molar refractivity (Wildman–Crippen MR) is 144 cm³/mol. The van der Waals surface area contributed by atoms with E-state index in [2.05, 4.69) is 44.4 Å². The highest BCUT2D eigenvalue weighted by Crippen LogP contribution is 2.31. The van der Waals surface area contributed by atoms with Crippen LogP contribution in [0.15, 0.2) is 54.6 Å². The number of nitrogens with zero attached hydrogens (tertiary/aromatic N) is 3. The van der Waals surface area contributed by atoms with Crippen molar-refractivity contribution in [1.29, 1.82) is 0 Å². The molecule has 3 heterocycles. The first-order valence-corrected chi connectivity index (χ1v) is 13.7.